The lowest BCUT2D eigenvalue weighted by molar-refractivity contribution is -0.150. The maximum atomic E-state index is 11.6. The second-order valence-corrected chi connectivity index (χ2v) is 9.62. The minimum absolute atomic E-state index is 0.118. The van der Waals surface area contributed by atoms with E-state index in [2.05, 4.69) is 25.8 Å². The third-order valence-corrected chi connectivity index (χ3v) is 5.39. The standard InChI is InChI=1S/C27H35NO5/c1-6-14-31-24(26(29)30)16-19-11-12-23(21-10-8-7-9-20(19)21)32-15-13-22-18(2)33-25(28-22)17-27(3,4)5/h7-12,24H,6,13-17H2,1-5H3,(H,29,30). The van der Waals surface area contributed by atoms with Crippen molar-refractivity contribution >= 4 is 16.7 Å². The van der Waals surface area contributed by atoms with Crippen molar-refractivity contribution in [3.05, 3.63) is 59.3 Å². The molecule has 0 saturated carbocycles. The molecule has 0 bridgehead atoms. The normalized spacial score (nSPS) is 12.8. The van der Waals surface area contributed by atoms with E-state index in [4.69, 9.17) is 13.9 Å². The lowest BCUT2D eigenvalue weighted by Gasteiger charge is -2.16. The summed E-state index contributed by atoms with van der Waals surface area (Å²) >= 11 is 0. The number of rotatable bonds is 11. The van der Waals surface area contributed by atoms with Crippen LogP contribution in [0.1, 0.15) is 57.0 Å². The van der Waals surface area contributed by atoms with Gasteiger partial charge in [-0.05, 0) is 35.8 Å². The Hall–Kier alpha value is -2.86. The van der Waals surface area contributed by atoms with Crippen molar-refractivity contribution < 1.29 is 23.8 Å². The van der Waals surface area contributed by atoms with Crippen molar-refractivity contribution in [3.63, 3.8) is 0 Å². The van der Waals surface area contributed by atoms with Gasteiger partial charge in [0.1, 0.15) is 11.5 Å². The molecule has 178 valence electrons. The molecule has 0 amide bonds. The second kappa shape index (κ2) is 10.8. The van der Waals surface area contributed by atoms with Crippen molar-refractivity contribution in [1.82, 2.24) is 4.98 Å². The second-order valence-electron chi connectivity index (χ2n) is 9.62. The number of carboxylic acid groups (broad SMARTS) is 1. The SMILES string of the molecule is CCCOC(Cc1ccc(OCCc2nc(CC(C)(C)C)oc2C)c2ccccc12)C(=O)O. The van der Waals surface area contributed by atoms with E-state index in [-0.39, 0.29) is 5.41 Å². The van der Waals surface area contributed by atoms with E-state index in [0.717, 1.165) is 52.3 Å². The summed E-state index contributed by atoms with van der Waals surface area (Å²) in [5.41, 5.74) is 1.97. The van der Waals surface area contributed by atoms with Gasteiger partial charge in [0.2, 0.25) is 0 Å². The molecule has 0 fully saturated rings. The fraction of sp³-hybridized carbons (Fsp3) is 0.481. The fourth-order valence-corrected chi connectivity index (χ4v) is 3.82. The number of ether oxygens (including phenoxy) is 2. The number of fused-ring (bicyclic) bond motifs is 1. The van der Waals surface area contributed by atoms with Gasteiger partial charge in [0.05, 0.1) is 12.3 Å². The van der Waals surface area contributed by atoms with Gasteiger partial charge in [0, 0.05) is 31.3 Å². The highest BCUT2D eigenvalue weighted by Crippen LogP contribution is 2.30. The molecule has 2 aromatic carbocycles. The lowest BCUT2D eigenvalue weighted by atomic mass is 9.92. The first-order chi connectivity index (χ1) is 15.7. The molecule has 1 heterocycles. The number of benzene rings is 2. The molecule has 0 aliphatic heterocycles. The van der Waals surface area contributed by atoms with Crippen molar-refractivity contribution in [2.45, 2.75) is 66.4 Å². The summed E-state index contributed by atoms with van der Waals surface area (Å²) in [7, 11) is 0. The highest BCUT2D eigenvalue weighted by molar-refractivity contribution is 5.91. The molecule has 6 heteroatoms. The molecule has 0 saturated heterocycles. The molecule has 33 heavy (non-hydrogen) atoms. The quantitative estimate of drug-likeness (QED) is 0.397. The molecule has 0 radical (unpaired) electrons. The predicted octanol–water partition coefficient (Wildman–Crippen LogP) is 5.77. The van der Waals surface area contributed by atoms with Crippen LogP contribution in [0.25, 0.3) is 10.8 Å². The number of aryl methyl sites for hydroxylation is 1. The van der Waals surface area contributed by atoms with Gasteiger partial charge in [0.25, 0.3) is 0 Å². The predicted molar refractivity (Wildman–Crippen MR) is 129 cm³/mol. The molecule has 0 spiro atoms. The first-order valence-corrected chi connectivity index (χ1v) is 11.6. The van der Waals surface area contributed by atoms with Crippen molar-refractivity contribution in [2.24, 2.45) is 5.41 Å². The van der Waals surface area contributed by atoms with Gasteiger partial charge in [-0.25, -0.2) is 9.78 Å². The van der Waals surface area contributed by atoms with Crippen LogP contribution in [-0.2, 0) is 28.8 Å². The van der Waals surface area contributed by atoms with Crippen LogP contribution in [0.3, 0.4) is 0 Å². The Morgan fingerprint density at radius 1 is 1.12 bits per heavy atom. The summed E-state index contributed by atoms with van der Waals surface area (Å²) in [5, 5.41) is 11.5. The number of carboxylic acids is 1. The Morgan fingerprint density at radius 3 is 2.52 bits per heavy atom. The smallest absolute Gasteiger partial charge is 0.333 e. The first-order valence-electron chi connectivity index (χ1n) is 11.6. The van der Waals surface area contributed by atoms with Gasteiger partial charge in [-0.3, -0.25) is 0 Å². The van der Waals surface area contributed by atoms with Gasteiger partial charge in [-0.1, -0.05) is 58.0 Å². The number of carbonyl (C=O) groups is 1. The zero-order chi connectivity index (χ0) is 24.0. The van der Waals surface area contributed by atoms with E-state index in [1.165, 1.54) is 0 Å². The van der Waals surface area contributed by atoms with Crippen LogP contribution < -0.4 is 4.74 Å². The van der Waals surface area contributed by atoms with Crippen molar-refractivity contribution in [2.75, 3.05) is 13.2 Å². The Morgan fingerprint density at radius 2 is 1.85 bits per heavy atom. The number of hydrogen-bond acceptors (Lipinski definition) is 5. The molecule has 1 aromatic heterocycles. The molecule has 1 unspecified atom stereocenters. The largest absolute Gasteiger partial charge is 0.493 e. The van der Waals surface area contributed by atoms with Crippen molar-refractivity contribution in [3.8, 4) is 5.75 Å². The zero-order valence-electron chi connectivity index (χ0n) is 20.3. The minimum Gasteiger partial charge on any atom is -0.493 e. The summed E-state index contributed by atoms with van der Waals surface area (Å²) in [6, 6.07) is 11.8. The molecule has 1 N–H and O–H groups in total. The Bertz CT molecular complexity index is 1080. The fourth-order valence-electron chi connectivity index (χ4n) is 3.82. The lowest BCUT2D eigenvalue weighted by Crippen LogP contribution is -2.26. The van der Waals surface area contributed by atoms with Crippen LogP contribution in [0.15, 0.2) is 40.8 Å². The molecule has 1 atom stereocenters. The van der Waals surface area contributed by atoms with E-state index in [0.29, 0.717) is 26.1 Å². The highest BCUT2D eigenvalue weighted by Gasteiger charge is 2.21. The van der Waals surface area contributed by atoms with Gasteiger partial charge in [-0.15, -0.1) is 0 Å². The summed E-state index contributed by atoms with van der Waals surface area (Å²) in [5.74, 6) is 1.43. The number of aromatic nitrogens is 1. The Labute approximate surface area is 195 Å². The van der Waals surface area contributed by atoms with E-state index in [1.807, 2.05) is 50.2 Å². The van der Waals surface area contributed by atoms with Gasteiger partial charge in [0.15, 0.2) is 12.0 Å². The van der Waals surface area contributed by atoms with Crippen LogP contribution in [0.5, 0.6) is 5.75 Å². The number of aliphatic carboxylic acids is 1. The molecular formula is C27H35NO5. The van der Waals surface area contributed by atoms with Crippen LogP contribution in [0.4, 0.5) is 0 Å². The topological polar surface area (TPSA) is 81.8 Å². The van der Waals surface area contributed by atoms with E-state index < -0.39 is 12.1 Å². The summed E-state index contributed by atoms with van der Waals surface area (Å²) in [6.45, 7) is 11.3. The summed E-state index contributed by atoms with van der Waals surface area (Å²) < 4.78 is 17.5. The highest BCUT2D eigenvalue weighted by atomic mass is 16.5. The third-order valence-electron chi connectivity index (χ3n) is 5.39. The van der Waals surface area contributed by atoms with Crippen LogP contribution in [-0.4, -0.2) is 35.4 Å². The molecular weight excluding hydrogens is 418 g/mol. The van der Waals surface area contributed by atoms with E-state index in [9.17, 15) is 9.90 Å². The average Bonchev–Trinajstić information content (AvgIpc) is 3.09. The van der Waals surface area contributed by atoms with Crippen LogP contribution >= 0.6 is 0 Å². The first kappa shape index (κ1) is 24.8. The third kappa shape index (κ3) is 6.81. The molecule has 6 nitrogen and oxygen atoms in total. The molecule has 3 rings (SSSR count). The number of hydrogen-bond donors (Lipinski definition) is 1. The maximum Gasteiger partial charge on any atom is 0.333 e. The van der Waals surface area contributed by atoms with E-state index >= 15 is 0 Å². The van der Waals surface area contributed by atoms with Gasteiger partial charge >= 0.3 is 5.97 Å². The van der Waals surface area contributed by atoms with Gasteiger partial charge in [-0.2, -0.15) is 0 Å². The Kier molecular flexibility index (Phi) is 8.14. The van der Waals surface area contributed by atoms with Gasteiger partial charge < -0.3 is 19.0 Å². The number of nitrogens with zero attached hydrogens (tertiary/aromatic N) is 1. The molecule has 0 aliphatic carbocycles. The average molecular weight is 454 g/mol. The maximum absolute atomic E-state index is 11.6. The van der Waals surface area contributed by atoms with Crippen LogP contribution in [0, 0.1) is 12.3 Å². The molecule has 0 aliphatic rings. The minimum atomic E-state index is -0.943. The number of oxazole rings is 1. The summed E-state index contributed by atoms with van der Waals surface area (Å²) in [4.78, 5) is 16.3. The van der Waals surface area contributed by atoms with E-state index in [1.54, 1.807) is 0 Å². The van der Waals surface area contributed by atoms with Crippen LogP contribution in [0.2, 0.25) is 0 Å². The molecule has 3 aromatic rings. The monoisotopic (exact) mass is 453 g/mol. The zero-order valence-corrected chi connectivity index (χ0v) is 20.3. The Balaban J connectivity index is 1.72. The van der Waals surface area contributed by atoms with Crippen molar-refractivity contribution in [1.29, 1.82) is 0 Å². The summed E-state index contributed by atoms with van der Waals surface area (Å²) in [6.07, 6.45) is 1.67.